The molecule has 0 unspecified atom stereocenters. The highest BCUT2D eigenvalue weighted by Crippen LogP contribution is 2.45. The lowest BCUT2D eigenvalue weighted by Crippen LogP contribution is -2.31. The van der Waals surface area contributed by atoms with Gasteiger partial charge in [-0.3, -0.25) is 4.99 Å². The van der Waals surface area contributed by atoms with Gasteiger partial charge in [-0.1, -0.05) is 58.1 Å². The molecule has 1 aromatic heterocycles. The normalized spacial score (nSPS) is 21.1. The van der Waals surface area contributed by atoms with Gasteiger partial charge in [0.15, 0.2) is 0 Å². The highest BCUT2D eigenvalue weighted by Gasteiger charge is 2.33. The van der Waals surface area contributed by atoms with E-state index in [4.69, 9.17) is 4.99 Å². The van der Waals surface area contributed by atoms with Gasteiger partial charge in [-0.25, -0.2) is 0 Å². The van der Waals surface area contributed by atoms with Gasteiger partial charge in [0.1, 0.15) is 4.67 Å². The van der Waals surface area contributed by atoms with Crippen LogP contribution in [0.25, 0.3) is 11.1 Å². The van der Waals surface area contributed by atoms with Crippen molar-refractivity contribution in [3.63, 3.8) is 0 Å². The Morgan fingerprint density at radius 2 is 1.86 bits per heavy atom. The molecule has 1 aliphatic carbocycles. The summed E-state index contributed by atoms with van der Waals surface area (Å²) in [6.45, 7) is 4.55. The summed E-state index contributed by atoms with van der Waals surface area (Å²) >= 11 is 0. The molecule has 1 N–H and O–H groups in total. The average molecular weight is 331 g/mol. The highest BCUT2D eigenvalue weighted by molar-refractivity contribution is 7.68. The van der Waals surface area contributed by atoms with Crippen molar-refractivity contribution in [2.45, 2.75) is 57.5 Å². The summed E-state index contributed by atoms with van der Waals surface area (Å²) in [5.74, 6) is 0. The van der Waals surface area contributed by atoms with Gasteiger partial charge >= 0.3 is 0 Å². The van der Waals surface area contributed by atoms with Crippen LogP contribution >= 0.6 is 20.7 Å². The molecular weight excluding hydrogens is 308 g/mol. The fourth-order valence-electron chi connectivity index (χ4n) is 3.58. The molecule has 0 radical (unpaired) electrons. The Labute approximate surface area is 139 Å². The molecule has 0 amide bonds. The molecule has 2 aliphatic rings. The smallest absolute Gasteiger partial charge is 0.130 e. The summed E-state index contributed by atoms with van der Waals surface area (Å²) in [6, 6.07) is 9.20. The second-order valence-corrected chi connectivity index (χ2v) is 9.02. The van der Waals surface area contributed by atoms with Crippen LogP contribution in [0.5, 0.6) is 0 Å². The van der Waals surface area contributed by atoms with E-state index in [1.807, 2.05) is 20.7 Å². The second-order valence-electron chi connectivity index (χ2n) is 6.89. The molecule has 0 saturated heterocycles. The molecule has 0 spiro atoms. The molecule has 1 saturated carbocycles. The summed E-state index contributed by atoms with van der Waals surface area (Å²) in [7, 11) is 3.76. The standard InChI is InChI=1S/C18H22N2S2/c1-18(2)16-15(13-10-6-7-11-14(13)20-18)17(22-21-16)19-12-8-4-3-5-9-12/h6-7,10-12,20H,3-5,8-9H2,1-2H3. The molecule has 116 valence electrons. The van der Waals surface area contributed by atoms with Crippen molar-refractivity contribution in [1.82, 2.24) is 0 Å². The Hall–Kier alpha value is -1.13. The number of fused-ring (bicyclic) bond motifs is 3. The van der Waals surface area contributed by atoms with Crippen molar-refractivity contribution in [1.29, 1.82) is 0 Å². The van der Waals surface area contributed by atoms with Gasteiger partial charge in [0.25, 0.3) is 0 Å². The van der Waals surface area contributed by atoms with E-state index in [0.29, 0.717) is 6.04 Å². The molecule has 4 heteroatoms. The molecule has 1 aliphatic heterocycles. The third-order valence-corrected chi connectivity index (χ3v) is 7.39. The monoisotopic (exact) mass is 330 g/mol. The van der Waals surface area contributed by atoms with Crippen molar-refractivity contribution < 1.29 is 0 Å². The minimum absolute atomic E-state index is 0.00874. The van der Waals surface area contributed by atoms with E-state index in [9.17, 15) is 0 Å². The summed E-state index contributed by atoms with van der Waals surface area (Å²) in [5, 5.41) is 3.68. The Morgan fingerprint density at radius 1 is 1.09 bits per heavy atom. The van der Waals surface area contributed by atoms with E-state index in [0.717, 1.165) is 0 Å². The third kappa shape index (κ3) is 2.42. The van der Waals surface area contributed by atoms with Gasteiger partial charge in [0, 0.05) is 16.8 Å². The van der Waals surface area contributed by atoms with E-state index >= 15 is 0 Å². The van der Waals surface area contributed by atoms with Gasteiger partial charge in [-0.05, 0) is 32.8 Å². The first kappa shape index (κ1) is 14.5. The van der Waals surface area contributed by atoms with Crippen LogP contribution in [0.2, 0.25) is 0 Å². The average Bonchev–Trinajstić information content (AvgIpc) is 2.93. The summed E-state index contributed by atoms with van der Waals surface area (Å²) in [6.07, 6.45) is 6.60. The SMILES string of the molecule is CC1(C)Nc2ccccc2-c2c1ssc2=NC1CCCCC1. The predicted octanol–water partition coefficient (Wildman–Crippen LogP) is 5.37. The van der Waals surface area contributed by atoms with Gasteiger partial charge < -0.3 is 5.32 Å². The molecule has 0 bridgehead atoms. The number of nitrogens with one attached hydrogen (secondary N) is 1. The topological polar surface area (TPSA) is 24.4 Å². The van der Waals surface area contributed by atoms with Crippen molar-refractivity contribution in [2.75, 3.05) is 5.32 Å². The third-order valence-electron chi connectivity index (χ3n) is 4.73. The van der Waals surface area contributed by atoms with Gasteiger partial charge in [0.2, 0.25) is 0 Å². The minimum atomic E-state index is -0.00874. The van der Waals surface area contributed by atoms with E-state index in [1.54, 1.807) is 0 Å². The predicted molar refractivity (Wildman–Crippen MR) is 96.7 cm³/mol. The minimum Gasteiger partial charge on any atom is -0.375 e. The zero-order valence-corrected chi connectivity index (χ0v) is 14.8. The van der Waals surface area contributed by atoms with Gasteiger partial charge in [0.05, 0.1) is 16.5 Å². The Bertz CT molecular complexity index is 748. The molecule has 2 aromatic rings. The van der Waals surface area contributed by atoms with Crippen LogP contribution in [0.15, 0.2) is 29.3 Å². The van der Waals surface area contributed by atoms with E-state index in [1.165, 1.54) is 58.5 Å². The number of anilines is 1. The fourth-order valence-corrected chi connectivity index (χ4v) is 6.59. The maximum absolute atomic E-state index is 5.16. The molecule has 22 heavy (non-hydrogen) atoms. The summed E-state index contributed by atoms with van der Waals surface area (Å²) in [5.41, 5.74) is 3.94. The first-order chi connectivity index (χ1) is 10.6. The lowest BCUT2D eigenvalue weighted by molar-refractivity contribution is 0.438. The Morgan fingerprint density at radius 3 is 2.68 bits per heavy atom. The molecule has 4 rings (SSSR count). The van der Waals surface area contributed by atoms with Crippen molar-refractivity contribution in [2.24, 2.45) is 4.99 Å². The summed E-state index contributed by atoms with van der Waals surface area (Å²) in [4.78, 5) is 6.59. The highest BCUT2D eigenvalue weighted by atomic mass is 32.9. The maximum Gasteiger partial charge on any atom is 0.130 e. The molecular formula is C18H22N2S2. The molecule has 1 fully saturated rings. The van der Waals surface area contributed by atoms with Crippen molar-refractivity contribution in [3.05, 3.63) is 33.8 Å². The molecule has 2 nitrogen and oxygen atoms in total. The van der Waals surface area contributed by atoms with Gasteiger partial charge in [-0.15, -0.1) is 0 Å². The van der Waals surface area contributed by atoms with Crippen LogP contribution in [0.4, 0.5) is 5.69 Å². The van der Waals surface area contributed by atoms with Crippen LogP contribution in [0.3, 0.4) is 0 Å². The van der Waals surface area contributed by atoms with Crippen molar-refractivity contribution in [3.8, 4) is 11.1 Å². The Kier molecular flexibility index (Phi) is 3.61. The number of hydrogen-bond donors (Lipinski definition) is 1. The lowest BCUT2D eigenvalue weighted by atomic mass is 9.90. The van der Waals surface area contributed by atoms with Crippen LogP contribution in [-0.4, -0.2) is 6.04 Å². The number of rotatable bonds is 1. The van der Waals surface area contributed by atoms with E-state index < -0.39 is 0 Å². The van der Waals surface area contributed by atoms with E-state index in [-0.39, 0.29) is 5.54 Å². The summed E-state index contributed by atoms with van der Waals surface area (Å²) < 4.78 is 1.26. The molecule has 0 atom stereocenters. The van der Waals surface area contributed by atoms with E-state index in [2.05, 4.69) is 43.4 Å². The fraction of sp³-hybridized carbons (Fsp3) is 0.500. The first-order valence-corrected chi connectivity index (χ1v) is 10.4. The van der Waals surface area contributed by atoms with Crippen LogP contribution in [0.1, 0.15) is 50.8 Å². The number of nitrogens with zero attached hydrogens (tertiary/aromatic N) is 1. The van der Waals surface area contributed by atoms with Crippen LogP contribution in [-0.2, 0) is 5.54 Å². The van der Waals surface area contributed by atoms with Gasteiger partial charge in [-0.2, -0.15) is 0 Å². The Balaban J connectivity index is 1.88. The van der Waals surface area contributed by atoms with Crippen LogP contribution in [0, 0.1) is 0 Å². The number of hydrogen-bond acceptors (Lipinski definition) is 4. The maximum atomic E-state index is 5.16. The van der Waals surface area contributed by atoms with Crippen molar-refractivity contribution >= 4 is 26.4 Å². The second kappa shape index (κ2) is 5.50. The number of para-hydroxylation sites is 1. The molecule has 1 aromatic carbocycles. The van der Waals surface area contributed by atoms with Crippen LogP contribution < -0.4 is 9.99 Å². The quantitative estimate of drug-likeness (QED) is 0.698. The zero-order chi connectivity index (χ0) is 15.2. The number of benzene rings is 1. The molecule has 2 heterocycles. The largest absolute Gasteiger partial charge is 0.375 e. The first-order valence-electron chi connectivity index (χ1n) is 8.20. The lowest BCUT2D eigenvalue weighted by Gasteiger charge is -2.33. The zero-order valence-electron chi connectivity index (χ0n) is 13.2.